The minimum absolute atomic E-state index is 0.0726. The Kier molecular flexibility index (Phi) is 7.69. The number of anilines is 1. The molecule has 1 saturated heterocycles. The van der Waals surface area contributed by atoms with Crippen molar-refractivity contribution in [1.29, 1.82) is 0 Å². The topological polar surface area (TPSA) is 70.2 Å². The zero-order valence-corrected chi connectivity index (χ0v) is 19.8. The molecule has 0 atom stereocenters. The average molecular weight is 486 g/mol. The molecule has 168 valence electrons. The van der Waals surface area contributed by atoms with E-state index in [1.165, 1.54) is 18.2 Å². The summed E-state index contributed by atoms with van der Waals surface area (Å²) in [6, 6.07) is 12.0. The second-order valence-electron chi connectivity index (χ2n) is 7.07. The normalized spacial score (nSPS) is 14.7. The van der Waals surface area contributed by atoms with E-state index in [1.807, 2.05) is 24.3 Å². The highest BCUT2D eigenvalue weighted by Gasteiger charge is 2.30. The SMILES string of the molecule is CCN(CC(=O)N1CCN(c2ccc(OC)cc2)CC1)S(=O)(=O)c1cc(Cl)ccc1Cl. The molecule has 0 saturated carbocycles. The zero-order valence-electron chi connectivity index (χ0n) is 17.4. The fourth-order valence-electron chi connectivity index (χ4n) is 3.44. The number of hydrogen-bond donors (Lipinski definition) is 0. The van der Waals surface area contributed by atoms with Crippen LogP contribution in [0.5, 0.6) is 5.75 Å². The van der Waals surface area contributed by atoms with Crippen LogP contribution in [0.2, 0.25) is 10.0 Å². The molecule has 1 fully saturated rings. The molecule has 1 aliphatic heterocycles. The lowest BCUT2D eigenvalue weighted by atomic mass is 10.2. The lowest BCUT2D eigenvalue weighted by Gasteiger charge is -2.37. The number of ether oxygens (including phenoxy) is 1. The van der Waals surface area contributed by atoms with Crippen LogP contribution in [0.4, 0.5) is 5.69 Å². The number of amides is 1. The standard InChI is InChI=1S/C21H25Cl2N3O4S/c1-3-26(31(28,29)20-14-16(22)4-9-19(20)23)15-21(27)25-12-10-24(11-13-25)17-5-7-18(30-2)8-6-17/h4-9,14H,3,10-13,15H2,1-2H3. The van der Waals surface area contributed by atoms with Crippen molar-refractivity contribution < 1.29 is 17.9 Å². The zero-order chi connectivity index (χ0) is 22.6. The van der Waals surface area contributed by atoms with Gasteiger partial charge in [0.1, 0.15) is 10.6 Å². The molecule has 0 spiro atoms. The average Bonchev–Trinajstić information content (AvgIpc) is 2.78. The van der Waals surface area contributed by atoms with Gasteiger partial charge in [0.25, 0.3) is 0 Å². The molecule has 0 radical (unpaired) electrons. The van der Waals surface area contributed by atoms with E-state index in [9.17, 15) is 13.2 Å². The summed E-state index contributed by atoms with van der Waals surface area (Å²) in [6.07, 6.45) is 0. The number of benzene rings is 2. The predicted octanol–water partition coefficient (Wildman–Crippen LogP) is 3.36. The maximum Gasteiger partial charge on any atom is 0.245 e. The Labute approximate surface area is 193 Å². The Morgan fingerprint density at radius 1 is 1.06 bits per heavy atom. The number of methoxy groups -OCH3 is 1. The number of rotatable bonds is 7. The second-order valence-corrected chi connectivity index (χ2v) is 9.82. The minimum atomic E-state index is -3.95. The highest BCUT2D eigenvalue weighted by molar-refractivity contribution is 7.89. The number of piperazine rings is 1. The number of likely N-dealkylation sites (N-methyl/N-ethyl adjacent to an activating group) is 1. The van der Waals surface area contributed by atoms with E-state index >= 15 is 0 Å². The molecule has 2 aromatic carbocycles. The van der Waals surface area contributed by atoms with Gasteiger partial charge in [-0.2, -0.15) is 4.31 Å². The van der Waals surface area contributed by atoms with Gasteiger partial charge in [-0.15, -0.1) is 0 Å². The van der Waals surface area contributed by atoms with Crippen LogP contribution >= 0.6 is 23.2 Å². The Morgan fingerprint density at radius 2 is 1.71 bits per heavy atom. The fourth-order valence-corrected chi connectivity index (χ4v) is 5.57. The molecule has 3 rings (SSSR count). The predicted molar refractivity (Wildman–Crippen MR) is 123 cm³/mol. The fraction of sp³-hybridized carbons (Fsp3) is 0.381. The van der Waals surface area contributed by atoms with Crippen molar-refractivity contribution in [2.75, 3.05) is 51.3 Å². The number of hydrogen-bond acceptors (Lipinski definition) is 5. The molecule has 1 aliphatic rings. The van der Waals surface area contributed by atoms with Crippen LogP contribution in [-0.4, -0.2) is 69.9 Å². The highest BCUT2D eigenvalue weighted by Crippen LogP contribution is 2.28. The van der Waals surface area contributed by atoms with Gasteiger partial charge in [-0.3, -0.25) is 4.79 Å². The molecule has 0 unspecified atom stereocenters. The molecule has 0 N–H and O–H groups in total. The molecule has 0 aliphatic carbocycles. The van der Waals surface area contributed by atoms with Crippen LogP contribution in [0.25, 0.3) is 0 Å². The summed E-state index contributed by atoms with van der Waals surface area (Å²) in [6.45, 7) is 3.94. The van der Waals surface area contributed by atoms with Gasteiger partial charge in [-0.1, -0.05) is 30.1 Å². The van der Waals surface area contributed by atoms with Crippen LogP contribution in [0.1, 0.15) is 6.92 Å². The van der Waals surface area contributed by atoms with Crippen LogP contribution < -0.4 is 9.64 Å². The Morgan fingerprint density at radius 3 is 2.29 bits per heavy atom. The van der Waals surface area contributed by atoms with Crippen molar-refractivity contribution in [3.8, 4) is 5.75 Å². The van der Waals surface area contributed by atoms with E-state index in [1.54, 1.807) is 18.9 Å². The molecular weight excluding hydrogens is 461 g/mol. The number of carbonyl (C=O) groups is 1. The van der Waals surface area contributed by atoms with Crippen LogP contribution in [0.3, 0.4) is 0 Å². The Balaban J connectivity index is 1.64. The third-order valence-corrected chi connectivity index (χ3v) is 7.88. The molecule has 0 aromatic heterocycles. The molecule has 31 heavy (non-hydrogen) atoms. The van der Waals surface area contributed by atoms with Crippen LogP contribution in [0, 0.1) is 0 Å². The molecule has 10 heteroatoms. The van der Waals surface area contributed by atoms with E-state index in [4.69, 9.17) is 27.9 Å². The largest absolute Gasteiger partial charge is 0.497 e. The van der Waals surface area contributed by atoms with Crippen LogP contribution in [-0.2, 0) is 14.8 Å². The van der Waals surface area contributed by atoms with Crippen molar-refractivity contribution in [2.24, 2.45) is 0 Å². The third-order valence-electron chi connectivity index (χ3n) is 5.25. The lowest BCUT2D eigenvalue weighted by molar-refractivity contribution is -0.131. The van der Waals surface area contributed by atoms with E-state index < -0.39 is 10.0 Å². The molecular formula is C21H25Cl2N3O4S. The molecule has 2 aromatic rings. The smallest absolute Gasteiger partial charge is 0.245 e. The monoisotopic (exact) mass is 485 g/mol. The summed E-state index contributed by atoms with van der Waals surface area (Å²) < 4.78 is 32.4. The van der Waals surface area contributed by atoms with Gasteiger partial charge in [0.15, 0.2) is 0 Å². The first-order valence-corrected chi connectivity index (χ1v) is 12.1. The quantitative estimate of drug-likeness (QED) is 0.601. The maximum absolute atomic E-state index is 13.0. The summed E-state index contributed by atoms with van der Waals surface area (Å²) in [4.78, 5) is 16.6. The first-order chi connectivity index (χ1) is 14.8. The van der Waals surface area contributed by atoms with Gasteiger partial charge in [0.05, 0.1) is 18.7 Å². The lowest BCUT2D eigenvalue weighted by Crippen LogP contribution is -2.51. The van der Waals surface area contributed by atoms with E-state index in [0.29, 0.717) is 26.2 Å². The maximum atomic E-state index is 13.0. The number of nitrogens with zero attached hydrogens (tertiary/aromatic N) is 3. The van der Waals surface area contributed by atoms with Crippen molar-refractivity contribution in [3.05, 3.63) is 52.5 Å². The first kappa shape index (κ1) is 23.7. The van der Waals surface area contributed by atoms with Crippen LogP contribution in [0.15, 0.2) is 47.4 Å². The molecule has 0 bridgehead atoms. The van der Waals surface area contributed by atoms with E-state index in [2.05, 4.69) is 4.90 Å². The minimum Gasteiger partial charge on any atom is -0.497 e. The molecule has 1 amide bonds. The number of carbonyl (C=O) groups excluding carboxylic acids is 1. The van der Waals surface area contributed by atoms with Gasteiger partial charge in [-0.05, 0) is 42.5 Å². The van der Waals surface area contributed by atoms with E-state index in [0.717, 1.165) is 15.7 Å². The van der Waals surface area contributed by atoms with Crippen molar-refractivity contribution in [2.45, 2.75) is 11.8 Å². The van der Waals surface area contributed by atoms with Gasteiger partial charge in [0, 0.05) is 43.4 Å². The Hall–Kier alpha value is -2.00. The highest BCUT2D eigenvalue weighted by atomic mass is 35.5. The summed E-state index contributed by atoms with van der Waals surface area (Å²) in [5.41, 5.74) is 1.06. The van der Waals surface area contributed by atoms with Gasteiger partial charge in [-0.25, -0.2) is 8.42 Å². The summed E-state index contributed by atoms with van der Waals surface area (Å²) in [5.74, 6) is 0.552. The van der Waals surface area contributed by atoms with E-state index in [-0.39, 0.29) is 33.9 Å². The van der Waals surface area contributed by atoms with Gasteiger partial charge < -0.3 is 14.5 Å². The summed E-state index contributed by atoms with van der Waals surface area (Å²) in [5, 5.41) is 0.336. The Bertz CT molecular complexity index is 1020. The van der Waals surface area contributed by atoms with Gasteiger partial charge in [0.2, 0.25) is 15.9 Å². The van der Waals surface area contributed by atoms with Crippen molar-refractivity contribution >= 4 is 44.8 Å². The molecule has 1 heterocycles. The van der Waals surface area contributed by atoms with Gasteiger partial charge >= 0.3 is 0 Å². The number of sulfonamides is 1. The summed E-state index contributed by atoms with van der Waals surface area (Å²) >= 11 is 12.0. The third kappa shape index (κ3) is 5.44. The summed E-state index contributed by atoms with van der Waals surface area (Å²) in [7, 11) is -2.33. The number of halogens is 2. The van der Waals surface area contributed by atoms with Crippen molar-refractivity contribution in [3.63, 3.8) is 0 Å². The molecule has 7 nitrogen and oxygen atoms in total. The van der Waals surface area contributed by atoms with Crippen molar-refractivity contribution in [1.82, 2.24) is 9.21 Å². The first-order valence-electron chi connectivity index (χ1n) is 9.88. The second kappa shape index (κ2) is 10.1.